The van der Waals surface area contributed by atoms with E-state index in [1.54, 1.807) is 13.2 Å². The lowest BCUT2D eigenvalue weighted by Crippen LogP contribution is -2.36. The smallest absolute Gasteiger partial charge is 0.272 e. The zero-order valence-corrected chi connectivity index (χ0v) is 14.1. The number of benzene rings is 1. The van der Waals surface area contributed by atoms with Crippen molar-refractivity contribution in [2.24, 2.45) is 0 Å². The van der Waals surface area contributed by atoms with Crippen LogP contribution in [0.4, 0.5) is 5.95 Å². The zero-order valence-electron chi connectivity index (χ0n) is 14.1. The van der Waals surface area contributed by atoms with Gasteiger partial charge in [-0.05, 0) is 30.5 Å². The Labute approximate surface area is 141 Å². The Bertz CT molecular complexity index is 733. The van der Waals surface area contributed by atoms with Crippen LogP contribution in [0.3, 0.4) is 0 Å². The van der Waals surface area contributed by atoms with Gasteiger partial charge in [0.15, 0.2) is 0 Å². The van der Waals surface area contributed by atoms with Crippen molar-refractivity contribution >= 4 is 11.9 Å². The van der Waals surface area contributed by atoms with Crippen LogP contribution >= 0.6 is 0 Å². The summed E-state index contributed by atoms with van der Waals surface area (Å²) in [7, 11) is 1.64. The number of fused-ring (bicyclic) bond motifs is 1. The summed E-state index contributed by atoms with van der Waals surface area (Å²) in [5, 5.41) is 3.08. The molecule has 126 valence electrons. The summed E-state index contributed by atoms with van der Waals surface area (Å²) in [6.07, 6.45) is 0.880. The number of carbonyl (C=O) groups is 1. The summed E-state index contributed by atoms with van der Waals surface area (Å²) in [4.78, 5) is 23.4. The molecule has 1 aliphatic rings. The third-order valence-corrected chi connectivity index (χ3v) is 4.08. The molecule has 24 heavy (non-hydrogen) atoms. The number of ether oxygens (including phenoxy) is 1. The van der Waals surface area contributed by atoms with Gasteiger partial charge in [-0.25, -0.2) is 9.97 Å². The molecular formula is C18H22N4O2. The van der Waals surface area contributed by atoms with Gasteiger partial charge in [-0.1, -0.05) is 24.3 Å². The van der Waals surface area contributed by atoms with E-state index >= 15 is 0 Å². The molecule has 2 heterocycles. The topological polar surface area (TPSA) is 67.3 Å². The van der Waals surface area contributed by atoms with Crippen molar-refractivity contribution in [1.82, 2.24) is 14.9 Å². The Balaban J connectivity index is 1.75. The van der Waals surface area contributed by atoms with Crippen molar-refractivity contribution in [3.05, 3.63) is 52.8 Å². The van der Waals surface area contributed by atoms with Crippen LogP contribution in [-0.4, -0.2) is 47.6 Å². The quantitative estimate of drug-likeness (QED) is 0.852. The van der Waals surface area contributed by atoms with Crippen LogP contribution in [0.5, 0.6) is 0 Å². The van der Waals surface area contributed by atoms with Crippen LogP contribution in [0.15, 0.2) is 30.3 Å². The van der Waals surface area contributed by atoms with Gasteiger partial charge in [0.1, 0.15) is 5.69 Å². The molecule has 0 aliphatic carbocycles. The molecule has 6 nitrogen and oxygen atoms in total. The predicted octanol–water partition coefficient (Wildman–Crippen LogP) is 2.04. The van der Waals surface area contributed by atoms with Crippen LogP contribution in [0, 0.1) is 6.92 Å². The van der Waals surface area contributed by atoms with Crippen molar-refractivity contribution < 1.29 is 9.53 Å². The van der Waals surface area contributed by atoms with E-state index in [1.807, 2.05) is 24.0 Å². The molecule has 1 aromatic heterocycles. The fourth-order valence-electron chi connectivity index (χ4n) is 2.85. The van der Waals surface area contributed by atoms with Crippen LogP contribution in [0.25, 0.3) is 0 Å². The summed E-state index contributed by atoms with van der Waals surface area (Å²) in [6, 6.07) is 10.0. The number of nitrogens with one attached hydrogen (secondary N) is 1. The number of aryl methyl sites for hydroxylation is 1. The number of hydrogen-bond donors (Lipinski definition) is 1. The number of nitrogens with zero attached hydrogens (tertiary/aromatic N) is 3. The molecule has 0 spiro atoms. The molecule has 6 heteroatoms. The van der Waals surface area contributed by atoms with Gasteiger partial charge < -0.3 is 15.0 Å². The summed E-state index contributed by atoms with van der Waals surface area (Å²) < 4.78 is 5.01. The van der Waals surface area contributed by atoms with E-state index in [1.165, 1.54) is 11.1 Å². The fourth-order valence-corrected chi connectivity index (χ4v) is 2.85. The van der Waals surface area contributed by atoms with Gasteiger partial charge in [-0.3, -0.25) is 4.79 Å². The minimum absolute atomic E-state index is 0.0511. The second kappa shape index (κ2) is 7.40. The number of amides is 1. The van der Waals surface area contributed by atoms with Crippen LogP contribution in [0.1, 0.15) is 27.3 Å². The SMILES string of the molecule is COCCNc1nc(C)cc(C(=O)N2CCc3ccccc3C2)n1. The lowest BCUT2D eigenvalue weighted by Gasteiger charge is -2.28. The fraction of sp³-hybridized carbons (Fsp3) is 0.389. The number of anilines is 1. The molecule has 0 saturated heterocycles. The standard InChI is InChI=1S/C18H22N4O2/c1-13-11-16(21-18(20-13)19-8-10-24-2)17(23)22-9-7-14-5-3-4-6-15(14)12-22/h3-6,11H,7-10,12H2,1-2H3,(H,19,20,21). The highest BCUT2D eigenvalue weighted by Gasteiger charge is 2.23. The maximum atomic E-state index is 12.8. The average molecular weight is 326 g/mol. The first-order valence-corrected chi connectivity index (χ1v) is 8.12. The Morgan fingerprint density at radius 1 is 1.29 bits per heavy atom. The van der Waals surface area contributed by atoms with E-state index < -0.39 is 0 Å². The molecule has 1 aliphatic heterocycles. The lowest BCUT2D eigenvalue weighted by molar-refractivity contribution is 0.0728. The van der Waals surface area contributed by atoms with Gasteiger partial charge >= 0.3 is 0 Å². The molecule has 1 amide bonds. The summed E-state index contributed by atoms with van der Waals surface area (Å²) in [5.74, 6) is 0.414. The number of hydrogen-bond acceptors (Lipinski definition) is 5. The van der Waals surface area contributed by atoms with Gasteiger partial charge in [0.25, 0.3) is 5.91 Å². The number of carbonyl (C=O) groups excluding carboxylic acids is 1. The van der Waals surface area contributed by atoms with Gasteiger partial charge in [0.2, 0.25) is 5.95 Å². The highest BCUT2D eigenvalue weighted by atomic mass is 16.5. The maximum absolute atomic E-state index is 12.8. The molecule has 2 aromatic rings. The lowest BCUT2D eigenvalue weighted by atomic mass is 10.00. The van der Waals surface area contributed by atoms with Crippen molar-refractivity contribution in [1.29, 1.82) is 0 Å². The van der Waals surface area contributed by atoms with Crippen molar-refractivity contribution in [2.75, 3.05) is 32.1 Å². The van der Waals surface area contributed by atoms with Gasteiger partial charge in [0, 0.05) is 32.4 Å². The van der Waals surface area contributed by atoms with E-state index in [2.05, 4.69) is 27.4 Å². The molecular weight excluding hydrogens is 304 g/mol. The van der Waals surface area contributed by atoms with Gasteiger partial charge in [0.05, 0.1) is 6.61 Å². The zero-order chi connectivity index (χ0) is 16.9. The van der Waals surface area contributed by atoms with Crippen molar-refractivity contribution in [3.8, 4) is 0 Å². The molecule has 0 fully saturated rings. The second-order valence-electron chi connectivity index (χ2n) is 5.88. The van der Waals surface area contributed by atoms with Gasteiger partial charge in [-0.2, -0.15) is 0 Å². The molecule has 1 N–H and O–H groups in total. The molecule has 0 atom stereocenters. The largest absolute Gasteiger partial charge is 0.383 e. The molecule has 0 radical (unpaired) electrons. The number of rotatable bonds is 5. The summed E-state index contributed by atoms with van der Waals surface area (Å²) >= 11 is 0. The average Bonchev–Trinajstić information content (AvgIpc) is 2.60. The molecule has 0 unspecified atom stereocenters. The van der Waals surface area contributed by atoms with Crippen molar-refractivity contribution in [2.45, 2.75) is 19.9 Å². The van der Waals surface area contributed by atoms with E-state index in [4.69, 9.17) is 4.74 Å². The van der Waals surface area contributed by atoms with E-state index in [0.29, 0.717) is 37.9 Å². The first-order valence-electron chi connectivity index (χ1n) is 8.12. The Hall–Kier alpha value is -2.47. The monoisotopic (exact) mass is 326 g/mol. The molecule has 0 saturated carbocycles. The Kier molecular flexibility index (Phi) is 5.05. The Morgan fingerprint density at radius 2 is 2.08 bits per heavy atom. The predicted molar refractivity (Wildman–Crippen MR) is 92.0 cm³/mol. The molecule has 1 aromatic carbocycles. The van der Waals surface area contributed by atoms with E-state index in [-0.39, 0.29) is 5.91 Å². The van der Waals surface area contributed by atoms with Crippen LogP contribution in [0.2, 0.25) is 0 Å². The van der Waals surface area contributed by atoms with Gasteiger partial charge in [-0.15, -0.1) is 0 Å². The molecule has 0 bridgehead atoms. The second-order valence-corrected chi connectivity index (χ2v) is 5.88. The summed E-state index contributed by atoms with van der Waals surface area (Å²) in [6.45, 7) is 4.37. The van der Waals surface area contributed by atoms with E-state index in [0.717, 1.165) is 12.1 Å². The minimum atomic E-state index is -0.0511. The number of methoxy groups -OCH3 is 1. The van der Waals surface area contributed by atoms with E-state index in [9.17, 15) is 4.79 Å². The normalized spacial score (nSPS) is 13.5. The van der Waals surface area contributed by atoms with Crippen LogP contribution in [-0.2, 0) is 17.7 Å². The highest BCUT2D eigenvalue weighted by molar-refractivity contribution is 5.92. The highest BCUT2D eigenvalue weighted by Crippen LogP contribution is 2.20. The first-order chi connectivity index (χ1) is 11.7. The maximum Gasteiger partial charge on any atom is 0.272 e. The first kappa shape index (κ1) is 16.4. The third kappa shape index (κ3) is 3.71. The van der Waals surface area contributed by atoms with Crippen molar-refractivity contribution in [3.63, 3.8) is 0 Å². The van der Waals surface area contributed by atoms with Crippen LogP contribution < -0.4 is 5.32 Å². The molecule has 3 rings (SSSR count). The minimum Gasteiger partial charge on any atom is -0.383 e. The third-order valence-electron chi connectivity index (χ3n) is 4.08. The number of aromatic nitrogens is 2. The summed E-state index contributed by atoms with van der Waals surface area (Å²) in [5.41, 5.74) is 3.73. The Morgan fingerprint density at radius 3 is 2.88 bits per heavy atom.